The van der Waals surface area contributed by atoms with Gasteiger partial charge in [0.05, 0.1) is 11.9 Å². The van der Waals surface area contributed by atoms with Crippen molar-refractivity contribution in [2.75, 3.05) is 12.4 Å². The van der Waals surface area contributed by atoms with Crippen molar-refractivity contribution in [3.8, 4) is 0 Å². The van der Waals surface area contributed by atoms with Crippen LogP contribution in [0.2, 0.25) is 0 Å². The number of aryl methyl sites for hydroxylation is 1. The highest BCUT2D eigenvalue weighted by atomic mass is 16.2. The maximum atomic E-state index is 12.2. The average Bonchev–Trinajstić information content (AvgIpc) is 2.99. The fourth-order valence-electron chi connectivity index (χ4n) is 2.63. The minimum atomic E-state index is -0.102. The van der Waals surface area contributed by atoms with Crippen molar-refractivity contribution in [3.05, 3.63) is 60.0 Å². The number of benzene rings is 1. The Morgan fingerprint density at radius 1 is 1.12 bits per heavy atom. The number of nitrogens with zero attached hydrogens (tertiary/aromatic N) is 2. The van der Waals surface area contributed by atoms with Gasteiger partial charge in [0.15, 0.2) is 0 Å². The number of carbonyl (C=O) groups excluding carboxylic acids is 2. The monoisotopic (exact) mass is 336 g/mol. The van der Waals surface area contributed by atoms with E-state index in [-0.39, 0.29) is 24.8 Å². The van der Waals surface area contributed by atoms with Gasteiger partial charge >= 0.3 is 0 Å². The molecule has 0 radical (unpaired) electrons. The molecule has 2 amide bonds. The van der Waals surface area contributed by atoms with E-state index in [1.165, 1.54) is 0 Å². The molecule has 0 saturated heterocycles. The van der Waals surface area contributed by atoms with Crippen LogP contribution in [0.4, 0.5) is 5.69 Å². The van der Waals surface area contributed by atoms with Crippen molar-refractivity contribution in [1.29, 1.82) is 0 Å². The van der Waals surface area contributed by atoms with Gasteiger partial charge in [-0.15, -0.1) is 0 Å². The molecule has 0 fully saturated rings. The zero-order valence-corrected chi connectivity index (χ0v) is 14.2. The number of rotatable bonds is 5. The number of pyridine rings is 1. The molecule has 2 heterocycles. The van der Waals surface area contributed by atoms with Gasteiger partial charge in [0.25, 0.3) is 0 Å². The van der Waals surface area contributed by atoms with E-state index in [4.69, 9.17) is 0 Å². The summed E-state index contributed by atoms with van der Waals surface area (Å²) in [7, 11) is 1.61. The second kappa shape index (κ2) is 7.17. The lowest BCUT2D eigenvalue weighted by atomic mass is 10.2. The summed E-state index contributed by atoms with van der Waals surface area (Å²) in [5, 5.41) is 6.53. The molecule has 0 aliphatic heterocycles. The Morgan fingerprint density at radius 2 is 1.96 bits per heavy atom. The van der Waals surface area contributed by atoms with Gasteiger partial charge in [-0.1, -0.05) is 12.1 Å². The summed E-state index contributed by atoms with van der Waals surface area (Å²) in [6, 6.07) is 11.4. The topological polar surface area (TPSA) is 76.0 Å². The lowest BCUT2D eigenvalue weighted by Gasteiger charge is -2.08. The summed E-state index contributed by atoms with van der Waals surface area (Å²) >= 11 is 0. The number of anilines is 1. The van der Waals surface area contributed by atoms with Gasteiger partial charge < -0.3 is 15.2 Å². The largest absolute Gasteiger partial charge is 0.358 e. The molecule has 0 saturated carbocycles. The number of hydrogen-bond acceptors (Lipinski definition) is 3. The molecular weight excluding hydrogens is 316 g/mol. The van der Waals surface area contributed by atoms with E-state index in [1.54, 1.807) is 13.2 Å². The third kappa shape index (κ3) is 4.03. The highest BCUT2D eigenvalue weighted by Gasteiger charge is 2.08. The molecule has 0 unspecified atom stereocenters. The van der Waals surface area contributed by atoms with Gasteiger partial charge in [-0.25, -0.2) is 0 Å². The van der Waals surface area contributed by atoms with Crippen molar-refractivity contribution in [3.63, 3.8) is 0 Å². The van der Waals surface area contributed by atoms with Gasteiger partial charge in [0.2, 0.25) is 11.8 Å². The van der Waals surface area contributed by atoms with E-state index in [0.717, 1.165) is 22.2 Å². The van der Waals surface area contributed by atoms with Gasteiger partial charge in [-0.3, -0.25) is 14.6 Å². The van der Waals surface area contributed by atoms with E-state index >= 15 is 0 Å². The second-order valence-corrected chi connectivity index (χ2v) is 5.92. The molecule has 6 heteroatoms. The summed E-state index contributed by atoms with van der Waals surface area (Å²) in [4.78, 5) is 28.0. The summed E-state index contributed by atoms with van der Waals surface area (Å²) in [5.41, 5.74) is 3.39. The summed E-state index contributed by atoms with van der Waals surface area (Å²) in [6.07, 6.45) is 3.85. The number of aromatic nitrogens is 2. The second-order valence-electron chi connectivity index (χ2n) is 5.92. The molecule has 2 N–H and O–H groups in total. The van der Waals surface area contributed by atoms with Crippen LogP contribution in [-0.2, 0) is 22.6 Å². The quantitative estimate of drug-likeness (QED) is 0.750. The number of amides is 2. The van der Waals surface area contributed by atoms with Crippen molar-refractivity contribution < 1.29 is 9.59 Å². The SMILES string of the molecule is CNC(=O)Cn1ccc2ccc(NC(=O)Cc3ccc(C)nc3)cc21. The van der Waals surface area contributed by atoms with Crippen LogP contribution in [0.3, 0.4) is 0 Å². The predicted molar refractivity (Wildman–Crippen MR) is 97.3 cm³/mol. The first-order valence-electron chi connectivity index (χ1n) is 8.06. The molecule has 25 heavy (non-hydrogen) atoms. The van der Waals surface area contributed by atoms with E-state index in [2.05, 4.69) is 15.6 Å². The van der Waals surface area contributed by atoms with Crippen LogP contribution in [-0.4, -0.2) is 28.4 Å². The molecule has 2 aromatic heterocycles. The molecule has 1 aromatic carbocycles. The Balaban J connectivity index is 1.74. The van der Waals surface area contributed by atoms with Crippen LogP contribution in [0, 0.1) is 6.92 Å². The van der Waals surface area contributed by atoms with Crippen molar-refractivity contribution in [2.24, 2.45) is 0 Å². The van der Waals surface area contributed by atoms with Crippen LogP contribution in [0.1, 0.15) is 11.3 Å². The summed E-state index contributed by atoms with van der Waals surface area (Å²) in [6.45, 7) is 2.15. The number of nitrogens with one attached hydrogen (secondary N) is 2. The number of carbonyl (C=O) groups is 2. The normalized spacial score (nSPS) is 10.6. The van der Waals surface area contributed by atoms with Crippen molar-refractivity contribution in [1.82, 2.24) is 14.9 Å². The molecule has 3 rings (SSSR count). The van der Waals surface area contributed by atoms with Gasteiger partial charge in [0, 0.05) is 30.8 Å². The lowest BCUT2D eigenvalue weighted by Crippen LogP contribution is -2.23. The van der Waals surface area contributed by atoms with Crippen LogP contribution in [0.5, 0.6) is 0 Å². The molecule has 0 atom stereocenters. The highest BCUT2D eigenvalue weighted by Crippen LogP contribution is 2.21. The van der Waals surface area contributed by atoms with E-state index < -0.39 is 0 Å². The predicted octanol–water partition coefficient (Wildman–Crippen LogP) is 2.27. The zero-order valence-electron chi connectivity index (χ0n) is 14.2. The van der Waals surface area contributed by atoms with Gasteiger partial charge in [-0.2, -0.15) is 0 Å². The number of likely N-dealkylation sites (N-methyl/N-ethyl adjacent to an activating group) is 1. The molecule has 0 aliphatic rings. The number of fused-ring (bicyclic) bond motifs is 1. The lowest BCUT2D eigenvalue weighted by molar-refractivity contribution is -0.121. The van der Waals surface area contributed by atoms with Gasteiger partial charge in [0.1, 0.15) is 6.54 Å². The maximum Gasteiger partial charge on any atom is 0.239 e. The fraction of sp³-hybridized carbons (Fsp3) is 0.211. The first-order valence-corrected chi connectivity index (χ1v) is 8.06. The molecule has 3 aromatic rings. The third-order valence-electron chi connectivity index (χ3n) is 3.99. The maximum absolute atomic E-state index is 12.2. The average molecular weight is 336 g/mol. The third-order valence-corrected chi connectivity index (χ3v) is 3.99. The minimum absolute atomic E-state index is 0.0705. The molecule has 6 nitrogen and oxygen atoms in total. The zero-order chi connectivity index (χ0) is 17.8. The smallest absolute Gasteiger partial charge is 0.239 e. The highest BCUT2D eigenvalue weighted by molar-refractivity contribution is 5.95. The Hall–Kier alpha value is -3.15. The van der Waals surface area contributed by atoms with E-state index in [1.807, 2.05) is 54.1 Å². The Labute approximate surface area is 145 Å². The Kier molecular flexibility index (Phi) is 4.79. The summed E-state index contributed by atoms with van der Waals surface area (Å²) in [5.74, 6) is -0.173. The molecular formula is C19H20N4O2. The first kappa shape index (κ1) is 16.7. The Bertz CT molecular complexity index is 913. The first-order chi connectivity index (χ1) is 12.0. The van der Waals surface area contributed by atoms with Crippen LogP contribution >= 0.6 is 0 Å². The summed E-state index contributed by atoms with van der Waals surface area (Å²) < 4.78 is 1.85. The minimum Gasteiger partial charge on any atom is -0.358 e. The molecule has 0 spiro atoms. The molecule has 0 aliphatic carbocycles. The van der Waals surface area contributed by atoms with Crippen LogP contribution in [0.25, 0.3) is 10.9 Å². The van der Waals surface area contributed by atoms with E-state index in [9.17, 15) is 9.59 Å². The molecule has 0 bridgehead atoms. The van der Waals surface area contributed by atoms with E-state index in [0.29, 0.717) is 5.69 Å². The van der Waals surface area contributed by atoms with Crippen LogP contribution in [0.15, 0.2) is 48.8 Å². The number of hydrogen-bond donors (Lipinski definition) is 2. The standard InChI is InChI=1S/C19H20N4O2/c1-13-3-4-14(11-21-13)9-18(24)22-16-6-5-15-7-8-23(17(15)10-16)12-19(25)20-2/h3-8,10-11H,9,12H2,1-2H3,(H,20,25)(H,22,24). The molecule has 128 valence electrons. The van der Waals surface area contributed by atoms with Crippen molar-refractivity contribution in [2.45, 2.75) is 19.9 Å². The Morgan fingerprint density at radius 3 is 2.68 bits per heavy atom. The fourth-order valence-corrected chi connectivity index (χ4v) is 2.63. The van der Waals surface area contributed by atoms with Crippen LogP contribution < -0.4 is 10.6 Å². The van der Waals surface area contributed by atoms with Gasteiger partial charge in [-0.05, 0) is 42.1 Å². The van der Waals surface area contributed by atoms with Crippen molar-refractivity contribution >= 4 is 28.4 Å².